The molecule has 0 bridgehead atoms. The topological polar surface area (TPSA) is 67.8 Å². The lowest BCUT2D eigenvalue weighted by atomic mass is 10.2. The molecule has 5 nitrogen and oxygen atoms in total. The van der Waals surface area contributed by atoms with Gasteiger partial charge in [-0.1, -0.05) is 30.3 Å². The van der Waals surface area contributed by atoms with E-state index in [4.69, 9.17) is 0 Å². The Labute approximate surface area is 171 Å². The molecule has 0 fully saturated rings. The van der Waals surface area contributed by atoms with Crippen molar-refractivity contribution in [2.24, 2.45) is 0 Å². The molecule has 1 aromatic carbocycles. The Morgan fingerprint density at radius 1 is 0.929 bits per heavy atom. The van der Waals surface area contributed by atoms with Crippen molar-refractivity contribution in [3.05, 3.63) is 86.9 Å². The zero-order valence-corrected chi connectivity index (χ0v) is 16.7. The van der Waals surface area contributed by atoms with Crippen molar-refractivity contribution in [1.29, 1.82) is 0 Å². The summed E-state index contributed by atoms with van der Waals surface area (Å²) in [7, 11) is 0. The van der Waals surface area contributed by atoms with Crippen LogP contribution < -0.4 is 5.32 Å². The third-order valence-corrected chi connectivity index (χ3v) is 5.85. The van der Waals surface area contributed by atoms with Gasteiger partial charge in [-0.3, -0.25) is 9.78 Å². The predicted molar refractivity (Wildman–Crippen MR) is 112 cm³/mol. The van der Waals surface area contributed by atoms with Crippen LogP contribution >= 0.6 is 22.7 Å². The normalized spacial score (nSPS) is 10.7. The highest BCUT2D eigenvalue weighted by atomic mass is 32.1. The Kier molecular flexibility index (Phi) is 5.84. The van der Waals surface area contributed by atoms with Gasteiger partial charge in [0.15, 0.2) is 0 Å². The van der Waals surface area contributed by atoms with Crippen molar-refractivity contribution in [3.8, 4) is 11.3 Å². The molecule has 0 aliphatic heterocycles. The highest BCUT2D eigenvalue weighted by Crippen LogP contribution is 2.21. The van der Waals surface area contributed by atoms with Crippen LogP contribution in [0.4, 0.5) is 0 Å². The maximum Gasteiger partial charge on any atom is 0.226 e. The van der Waals surface area contributed by atoms with E-state index in [9.17, 15) is 4.79 Å². The number of rotatable bonds is 7. The lowest BCUT2D eigenvalue weighted by Crippen LogP contribution is -2.24. The molecule has 4 aromatic rings. The minimum absolute atomic E-state index is 0.0442. The van der Waals surface area contributed by atoms with E-state index < -0.39 is 0 Å². The van der Waals surface area contributed by atoms with Gasteiger partial charge < -0.3 is 5.32 Å². The van der Waals surface area contributed by atoms with Crippen molar-refractivity contribution in [1.82, 2.24) is 20.3 Å². The molecule has 0 aliphatic rings. The van der Waals surface area contributed by atoms with E-state index >= 15 is 0 Å². The molecule has 0 atom stereocenters. The molecule has 0 aliphatic carbocycles. The van der Waals surface area contributed by atoms with Crippen molar-refractivity contribution in [2.45, 2.75) is 19.4 Å². The maximum atomic E-state index is 12.3. The fraction of sp³-hybridized carbons (Fsp3) is 0.143. The minimum atomic E-state index is -0.0442. The SMILES string of the molecule is O=C(Cc1csc(Cc2ccccc2)n1)NCc1nc(-c2ccncc2)cs1. The van der Waals surface area contributed by atoms with Gasteiger partial charge in [0.05, 0.1) is 29.4 Å². The first-order valence-corrected chi connectivity index (χ1v) is 10.6. The third-order valence-electron chi connectivity index (χ3n) is 4.10. The van der Waals surface area contributed by atoms with Crippen molar-refractivity contribution in [3.63, 3.8) is 0 Å². The summed E-state index contributed by atoms with van der Waals surface area (Å²) < 4.78 is 0. The van der Waals surface area contributed by atoms with Gasteiger partial charge in [0, 0.05) is 35.1 Å². The van der Waals surface area contributed by atoms with E-state index in [0.29, 0.717) is 6.54 Å². The van der Waals surface area contributed by atoms with Crippen LogP contribution in [0.15, 0.2) is 65.6 Å². The van der Waals surface area contributed by atoms with E-state index in [1.165, 1.54) is 16.9 Å². The van der Waals surface area contributed by atoms with Crippen molar-refractivity contribution < 1.29 is 4.79 Å². The smallest absolute Gasteiger partial charge is 0.226 e. The quantitative estimate of drug-likeness (QED) is 0.501. The van der Waals surface area contributed by atoms with Crippen LogP contribution in [0.2, 0.25) is 0 Å². The summed E-state index contributed by atoms with van der Waals surface area (Å²) in [6.07, 6.45) is 4.57. The van der Waals surface area contributed by atoms with Gasteiger partial charge in [0.2, 0.25) is 5.91 Å². The zero-order valence-electron chi connectivity index (χ0n) is 15.0. The number of carbonyl (C=O) groups is 1. The summed E-state index contributed by atoms with van der Waals surface area (Å²) >= 11 is 3.13. The number of carbonyl (C=O) groups excluding carboxylic acids is 1. The molecule has 3 heterocycles. The average molecular weight is 407 g/mol. The molecule has 0 spiro atoms. The third kappa shape index (κ3) is 4.88. The summed E-state index contributed by atoms with van der Waals surface area (Å²) in [5, 5.41) is 8.79. The second-order valence-electron chi connectivity index (χ2n) is 6.21. The van der Waals surface area contributed by atoms with E-state index in [2.05, 4.69) is 32.4 Å². The van der Waals surface area contributed by atoms with Gasteiger partial charge in [-0.25, -0.2) is 9.97 Å². The van der Waals surface area contributed by atoms with Crippen LogP contribution in [-0.2, 0) is 24.2 Å². The Hall–Kier alpha value is -2.90. The standard InChI is InChI=1S/C21H18N4OS2/c26-19(11-17-13-27-20(24-17)10-15-4-2-1-3-5-15)23-12-21-25-18(14-28-21)16-6-8-22-9-7-16/h1-9,13-14H,10-12H2,(H,23,26). The number of aromatic nitrogens is 3. The van der Waals surface area contributed by atoms with Crippen LogP contribution in [0, 0.1) is 0 Å². The molecular weight excluding hydrogens is 388 g/mol. The summed E-state index contributed by atoms with van der Waals surface area (Å²) in [5.41, 5.74) is 3.96. The second kappa shape index (κ2) is 8.86. The molecule has 0 unspecified atom stereocenters. The first kappa shape index (κ1) is 18.5. The van der Waals surface area contributed by atoms with Gasteiger partial charge in [0.1, 0.15) is 5.01 Å². The van der Waals surface area contributed by atoms with E-state index in [-0.39, 0.29) is 12.3 Å². The average Bonchev–Trinajstić information content (AvgIpc) is 3.38. The summed E-state index contributed by atoms with van der Waals surface area (Å²) in [5.74, 6) is -0.0442. The Balaban J connectivity index is 1.29. The first-order valence-electron chi connectivity index (χ1n) is 8.85. The minimum Gasteiger partial charge on any atom is -0.349 e. The molecular formula is C21H18N4OS2. The van der Waals surface area contributed by atoms with E-state index in [1.54, 1.807) is 23.7 Å². The molecule has 0 radical (unpaired) electrons. The van der Waals surface area contributed by atoms with Crippen LogP contribution in [0.1, 0.15) is 21.3 Å². The first-order chi connectivity index (χ1) is 13.8. The number of hydrogen-bond donors (Lipinski definition) is 1. The lowest BCUT2D eigenvalue weighted by molar-refractivity contribution is -0.120. The summed E-state index contributed by atoms with van der Waals surface area (Å²) in [6.45, 7) is 0.426. The highest BCUT2D eigenvalue weighted by Gasteiger charge is 2.10. The molecule has 28 heavy (non-hydrogen) atoms. The number of nitrogens with one attached hydrogen (secondary N) is 1. The van der Waals surface area contributed by atoms with Crippen molar-refractivity contribution >= 4 is 28.6 Å². The molecule has 1 amide bonds. The monoisotopic (exact) mass is 406 g/mol. The van der Waals surface area contributed by atoms with E-state index in [1.807, 2.05) is 41.1 Å². The summed E-state index contributed by atoms with van der Waals surface area (Å²) in [6, 6.07) is 14.1. The molecule has 3 aromatic heterocycles. The van der Waals surface area contributed by atoms with Crippen LogP contribution in [0.25, 0.3) is 11.3 Å². The lowest BCUT2D eigenvalue weighted by Gasteiger charge is -2.01. The fourth-order valence-corrected chi connectivity index (χ4v) is 4.30. The van der Waals surface area contributed by atoms with Gasteiger partial charge in [-0.2, -0.15) is 0 Å². The maximum absolute atomic E-state index is 12.3. The largest absolute Gasteiger partial charge is 0.349 e. The Morgan fingerprint density at radius 3 is 2.54 bits per heavy atom. The number of amides is 1. The van der Waals surface area contributed by atoms with Gasteiger partial charge in [-0.05, 0) is 17.7 Å². The molecule has 1 N–H and O–H groups in total. The second-order valence-corrected chi connectivity index (χ2v) is 8.10. The summed E-state index contributed by atoms with van der Waals surface area (Å²) in [4.78, 5) is 25.4. The molecule has 0 saturated carbocycles. The van der Waals surface area contributed by atoms with Crippen LogP contribution in [-0.4, -0.2) is 20.9 Å². The van der Waals surface area contributed by atoms with Gasteiger partial charge in [0.25, 0.3) is 0 Å². The Morgan fingerprint density at radius 2 is 1.71 bits per heavy atom. The number of pyridine rings is 1. The fourth-order valence-electron chi connectivity index (χ4n) is 2.73. The van der Waals surface area contributed by atoms with Crippen molar-refractivity contribution in [2.75, 3.05) is 0 Å². The molecule has 0 saturated heterocycles. The van der Waals surface area contributed by atoms with Crippen LogP contribution in [0.5, 0.6) is 0 Å². The van der Waals surface area contributed by atoms with Gasteiger partial charge in [-0.15, -0.1) is 22.7 Å². The highest BCUT2D eigenvalue weighted by molar-refractivity contribution is 7.10. The number of benzene rings is 1. The Bertz CT molecular complexity index is 1040. The molecule has 4 rings (SSSR count). The number of thiazole rings is 2. The molecule has 140 valence electrons. The molecule has 7 heteroatoms. The van der Waals surface area contributed by atoms with Gasteiger partial charge >= 0.3 is 0 Å². The van der Waals surface area contributed by atoms with E-state index in [0.717, 1.165) is 33.4 Å². The predicted octanol–water partition coefficient (Wildman–Crippen LogP) is 4.11. The zero-order chi connectivity index (χ0) is 19.2. The number of nitrogens with zero attached hydrogens (tertiary/aromatic N) is 3. The number of hydrogen-bond acceptors (Lipinski definition) is 6. The van der Waals surface area contributed by atoms with Crippen LogP contribution in [0.3, 0.4) is 0 Å².